The highest BCUT2D eigenvalue weighted by Gasteiger charge is 2.18. The number of nitrogens with one attached hydrogen (secondary N) is 1. The number of rotatable bonds is 4. The van der Waals surface area contributed by atoms with E-state index in [-0.39, 0.29) is 11.8 Å². The van der Waals surface area contributed by atoms with Gasteiger partial charge < -0.3 is 14.5 Å². The van der Waals surface area contributed by atoms with Crippen LogP contribution < -0.4 is 5.32 Å². The number of hydrogen-bond donors (Lipinski definition) is 1. The average Bonchev–Trinajstić information content (AvgIpc) is 2.95. The number of nitriles is 1. The fraction of sp³-hybridized carbons (Fsp3) is 0.500. The minimum absolute atomic E-state index is 0.194. The normalized spacial score (nSPS) is 18.9. The van der Waals surface area contributed by atoms with E-state index >= 15 is 0 Å². The first-order valence-corrected chi connectivity index (χ1v) is 5.63. The predicted octanol–water partition coefficient (Wildman–Crippen LogP) is 2.17. The molecule has 2 rings (SSSR count). The molecule has 1 fully saturated rings. The summed E-state index contributed by atoms with van der Waals surface area (Å²) in [6, 6.07) is 2.00. The van der Waals surface area contributed by atoms with Crippen LogP contribution in [-0.2, 0) is 4.74 Å². The zero-order chi connectivity index (χ0) is 12.3. The Morgan fingerprint density at radius 3 is 3.12 bits per heavy atom. The van der Waals surface area contributed by atoms with Crippen LogP contribution in [0.3, 0.4) is 0 Å². The van der Waals surface area contributed by atoms with Gasteiger partial charge in [0.15, 0.2) is 0 Å². The second kappa shape index (κ2) is 5.02. The minimum Gasteiger partial charge on any atom is -0.420 e. The standard InChI is InChI=1S/C12H15N3O2/c1-8(2)11-15-10(6-13)12(17-11)14-7-9-4-3-5-16-9/h9,14H,1,3-5,7H2,2H3. The van der Waals surface area contributed by atoms with Crippen LogP contribution in [0.5, 0.6) is 0 Å². The van der Waals surface area contributed by atoms with Crippen LogP contribution in [0.2, 0.25) is 0 Å². The first kappa shape index (κ1) is 11.7. The van der Waals surface area contributed by atoms with Crippen LogP contribution in [0, 0.1) is 11.3 Å². The van der Waals surface area contributed by atoms with Crippen LogP contribution in [-0.4, -0.2) is 24.2 Å². The summed E-state index contributed by atoms with van der Waals surface area (Å²) >= 11 is 0. The van der Waals surface area contributed by atoms with Crippen molar-refractivity contribution in [1.29, 1.82) is 5.26 Å². The molecule has 1 unspecified atom stereocenters. The second-order valence-electron chi connectivity index (χ2n) is 4.10. The van der Waals surface area contributed by atoms with Gasteiger partial charge in [-0.05, 0) is 19.8 Å². The molecule has 90 valence electrons. The van der Waals surface area contributed by atoms with Crippen molar-refractivity contribution >= 4 is 11.5 Å². The third kappa shape index (κ3) is 2.66. The van der Waals surface area contributed by atoms with Gasteiger partial charge in [0, 0.05) is 18.7 Å². The van der Waals surface area contributed by atoms with Gasteiger partial charge in [0.25, 0.3) is 0 Å². The Labute approximate surface area is 100 Å². The number of allylic oxidation sites excluding steroid dienone is 1. The fourth-order valence-electron chi connectivity index (χ4n) is 1.71. The smallest absolute Gasteiger partial charge is 0.232 e. The molecule has 0 radical (unpaired) electrons. The van der Waals surface area contributed by atoms with Gasteiger partial charge in [0.2, 0.25) is 17.5 Å². The maximum absolute atomic E-state index is 8.93. The molecule has 0 saturated carbocycles. The molecule has 1 aromatic heterocycles. The second-order valence-corrected chi connectivity index (χ2v) is 4.10. The lowest BCUT2D eigenvalue weighted by Crippen LogP contribution is -2.18. The van der Waals surface area contributed by atoms with Gasteiger partial charge in [0.1, 0.15) is 6.07 Å². The van der Waals surface area contributed by atoms with E-state index in [1.54, 1.807) is 6.92 Å². The molecule has 1 saturated heterocycles. The van der Waals surface area contributed by atoms with Gasteiger partial charge in [-0.25, -0.2) is 0 Å². The fourth-order valence-corrected chi connectivity index (χ4v) is 1.71. The van der Waals surface area contributed by atoms with E-state index in [4.69, 9.17) is 14.4 Å². The summed E-state index contributed by atoms with van der Waals surface area (Å²) in [4.78, 5) is 4.04. The summed E-state index contributed by atoms with van der Waals surface area (Å²) in [7, 11) is 0. The SMILES string of the molecule is C=C(C)c1nc(C#N)c(NCC2CCCO2)o1. The zero-order valence-electron chi connectivity index (χ0n) is 9.82. The molecule has 1 aliphatic rings. The van der Waals surface area contributed by atoms with E-state index in [1.165, 1.54) is 0 Å². The number of aromatic nitrogens is 1. The Morgan fingerprint density at radius 2 is 2.53 bits per heavy atom. The predicted molar refractivity (Wildman–Crippen MR) is 63.4 cm³/mol. The molecule has 17 heavy (non-hydrogen) atoms. The van der Waals surface area contributed by atoms with Crippen molar-refractivity contribution in [1.82, 2.24) is 4.98 Å². The van der Waals surface area contributed by atoms with Gasteiger partial charge in [-0.15, -0.1) is 0 Å². The zero-order valence-corrected chi connectivity index (χ0v) is 9.82. The molecule has 0 bridgehead atoms. The molecule has 1 aromatic rings. The molecular formula is C12H15N3O2. The molecule has 0 aliphatic carbocycles. The first-order chi connectivity index (χ1) is 8.20. The van der Waals surface area contributed by atoms with Crippen molar-refractivity contribution in [3.63, 3.8) is 0 Å². The van der Waals surface area contributed by atoms with E-state index in [0.717, 1.165) is 19.4 Å². The monoisotopic (exact) mass is 233 g/mol. The van der Waals surface area contributed by atoms with E-state index in [9.17, 15) is 0 Å². The maximum atomic E-state index is 8.93. The highest BCUT2D eigenvalue weighted by Crippen LogP contribution is 2.21. The Hall–Kier alpha value is -1.80. The van der Waals surface area contributed by atoms with E-state index in [2.05, 4.69) is 16.9 Å². The summed E-state index contributed by atoms with van der Waals surface area (Å²) in [5.74, 6) is 0.803. The van der Waals surface area contributed by atoms with Crippen LogP contribution in [0.15, 0.2) is 11.0 Å². The Morgan fingerprint density at radius 1 is 1.71 bits per heavy atom. The average molecular weight is 233 g/mol. The molecule has 1 N–H and O–H groups in total. The number of nitrogens with zero attached hydrogens (tertiary/aromatic N) is 2. The van der Waals surface area contributed by atoms with E-state index < -0.39 is 0 Å². The third-order valence-corrected chi connectivity index (χ3v) is 2.61. The van der Waals surface area contributed by atoms with Gasteiger partial charge in [0.05, 0.1) is 6.10 Å². The first-order valence-electron chi connectivity index (χ1n) is 5.63. The van der Waals surface area contributed by atoms with Crippen LogP contribution in [0.25, 0.3) is 5.57 Å². The van der Waals surface area contributed by atoms with Gasteiger partial charge >= 0.3 is 0 Å². The topological polar surface area (TPSA) is 71.1 Å². The van der Waals surface area contributed by atoms with Crippen molar-refractivity contribution in [3.8, 4) is 6.07 Å². The summed E-state index contributed by atoms with van der Waals surface area (Å²) < 4.78 is 10.9. The van der Waals surface area contributed by atoms with Crippen molar-refractivity contribution < 1.29 is 9.15 Å². The Kier molecular flexibility index (Phi) is 3.45. The van der Waals surface area contributed by atoms with Crippen molar-refractivity contribution in [2.24, 2.45) is 0 Å². The lowest BCUT2D eigenvalue weighted by Gasteiger charge is -2.09. The molecule has 5 nitrogen and oxygen atoms in total. The molecule has 1 aliphatic heterocycles. The number of ether oxygens (including phenoxy) is 1. The van der Waals surface area contributed by atoms with Gasteiger partial charge in [-0.3, -0.25) is 0 Å². The number of hydrogen-bond acceptors (Lipinski definition) is 5. The quantitative estimate of drug-likeness (QED) is 0.862. The number of oxazole rings is 1. The molecule has 0 aromatic carbocycles. The minimum atomic E-state index is 0.194. The van der Waals surface area contributed by atoms with Gasteiger partial charge in [-0.2, -0.15) is 10.2 Å². The molecule has 0 spiro atoms. The maximum Gasteiger partial charge on any atom is 0.232 e. The summed E-state index contributed by atoms with van der Waals surface area (Å²) in [6.45, 7) is 6.97. The summed E-state index contributed by atoms with van der Waals surface area (Å²) in [5, 5.41) is 12.0. The van der Waals surface area contributed by atoms with E-state index in [1.807, 2.05) is 6.07 Å². The van der Waals surface area contributed by atoms with Crippen LogP contribution in [0.4, 0.5) is 5.88 Å². The highest BCUT2D eigenvalue weighted by atomic mass is 16.5. The highest BCUT2D eigenvalue weighted by molar-refractivity contribution is 5.57. The van der Waals surface area contributed by atoms with Crippen LogP contribution >= 0.6 is 0 Å². The third-order valence-electron chi connectivity index (χ3n) is 2.61. The van der Waals surface area contributed by atoms with Crippen molar-refractivity contribution in [2.45, 2.75) is 25.9 Å². The summed E-state index contributed by atoms with van der Waals surface area (Å²) in [5.41, 5.74) is 0.965. The lowest BCUT2D eigenvalue weighted by molar-refractivity contribution is 0.120. The van der Waals surface area contributed by atoms with E-state index in [0.29, 0.717) is 23.9 Å². The van der Waals surface area contributed by atoms with Gasteiger partial charge in [-0.1, -0.05) is 6.58 Å². The largest absolute Gasteiger partial charge is 0.420 e. The van der Waals surface area contributed by atoms with Crippen LogP contribution in [0.1, 0.15) is 31.4 Å². The summed E-state index contributed by atoms with van der Waals surface area (Å²) in [6.07, 6.45) is 2.32. The molecule has 2 heterocycles. The Balaban J connectivity index is 2.03. The molecular weight excluding hydrogens is 218 g/mol. The lowest BCUT2D eigenvalue weighted by atomic mass is 10.2. The Bertz CT molecular complexity index is 453. The van der Waals surface area contributed by atoms with Crippen molar-refractivity contribution in [2.75, 3.05) is 18.5 Å². The number of anilines is 1. The van der Waals surface area contributed by atoms with Crippen molar-refractivity contribution in [3.05, 3.63) is 18.2 Å². The molecule has 5 heteroatoms. The molecule has 0 amide bonds. The molecule has 1 atom stereocenters.